The van der Waals surface area contributed by atoms with Gasteiger partial charge in [0.1, 0.15) is 5.82 Å². The third kappa shape index (κ3) is 1.68. The van der Waals surface area contributed by atoms with E-state index in [2.05, 4.69) is 14.7 Å². The fourth-order valence-electron chi connectivity index (χ4n) is 1.91. The normalized spacial score (nSPS) is 14.1. The molecule has 1 aromatic heterocycles. The van der Waals surface area contributed by atoms with Crippen LogP contribution in [-0.2, 0) is 11.3 Å². The summed E-state index contributed by atoms with van der Waals surface area (Å²) in [6, 6.07) is 1.43. The van der Waals surface area contributed by atoms with E-state index in [9.17, 15) is 18.4 Å². The van der Waals surface area contributed by atoms with Crippen LogP contribution in [-0.4, -0.2) is 21.8 Å². The van der Waals surface area contributed by atoms with Crippen LogP contribution in [0, 0.1) is 11.6 Å². The Kier molecular flexibility index (Phi) is 2.37. The van der Waals surface area contributed by atoms with Crippen molar-refractivity contribution in [1.29, 1.82) is 0 Å². The lowest BCUT2D eigenvalue weighted by molar-refractivity contribution is -0.114. The van der Waals surface area contributed by atoms with Crippen molar-refractivity contribution < 1.29 is 22.9 Å². The Balaban J connectivity index is 2.09. The second-order valence-electron chi connectivity index (χ2n) is 3.85. The van der Waals surface area contributed by atoms with Crippen molar-refractivity contribution in [3.05, 3.63) is 41.5 Å². The van der Waals surface area contributed by atoms with Crippen LogP contribution in [0.2, 0.25) is 0 Å². The maximum absolute atomic E-state index is 13.7. The van der Waals surface area contributed by atoms with Gasteiger partial charge in [-0.3, -0.25) is 14.5 Å². The first-order valence-electron chi connectivity index (χ1n) is 5.18. The molecule has 19 heavy (non-hydrogen) atoms. The minimum Gasteiger partial charge on any atom is -0.343 e. The summed E-state index contributed by atoms with van der Waals surface area (Å²) in [5.41, 5.74) is -0.563. The number of carbonyl (C=O) groups is 2. The molecule has 0 radical (unpaired) electrons. The monoisotopic (exact) mass is 265 g/mol. The maximum Gasteiger partial charge on any atom is 0.299 e. The highest BCUT2D eigenvalue weighted by molar-refractivity contribution is 6.52. The third-order valence-electron chi connectivity index (χ3n) is 2.69. The predicted molar refractivity (Wildman–Crippen MR) is 56.2 cm³/mol. The number of ketones is 1. The van der Waals surface area contributed by atoms with Gasteiger partial charge < -0.3 is 4.52 Å². The first-order valence-corrected chi connectivity index (χ1v) is 5.18. The number of anilines is 1. The lowest BCUT2D eigenvalue weighted by atomic mass is 10.1. The van der Waals surface area contributed by atoms with E-state index in [1.54, 1.807) is 0 Å². The SMILES string of the molecule is O=C1C(=O)N(Cc2ncon2)c2c(F)cc(F)cc21. The van der Waals surface area contributed by atoms with Crippen LogP contribution < -0.4 is 4.90 Å². The van der Waals surface area contributed by atoms with Gasteiger partial charge in [0, 0.05) is 6.07 Å². The van der Waals surface area contributed by atoms with Crippen LogP contribution in [0.1, 0.15) is 16.2 Å². The molecule has 8 heteroatoms. The Morgan fingerprint density at radius 1 is 1.26 bits per heavy atom. The summed E-state index contributed by atoms with van der Waals surface area (Å²) in [4.78, 5) is 27.9. The van der Waals surface area contributed by atoms with Crippen molar-refractivity contribution in [1.82, 2.24) is 10.1 Å². The number of Topliss-reactive ketones (excluding diaryl/α,β-unsaturated/α-hetero) is 1. The zero-order chi connectivity index (χ0) is 13.6. The van der Waals surface area contributed by atoms with Gasteiger partial charge in [-0.2, -0.15) is 4.98 Å². The topological polar surface area (TPSA) is 76.3 Å². The highest BCUT2D eigenvalue weighted by Gasteiger charge is 2.39. The average molecular weight is 265 g/mol. The Morgan fingerprint density at radius 3 is 2.74 bits per heavy atom. The van der Waals surface area contributed by atoms with Gasteiger partial charge >= 0.3 is 0 Å². The molecule has 0 saturated heterocycles. The molecule has 3 rings (SSSR count). The van der Waals surface area contributed by atoms with E-state index in [1.807, 2.05) is 0 Å². The number of aromatic nitrogens is 2. The molecular weight excluding hydrogens is 260 g/mol. The number of amides is 1. The molecule has 0 bridgehead atoms. The minimum atomic E-state index is -0.988. The lowest BCUT2D eigenvalue weighted by Gasteiger charge is -2.14. The average Bonchev–Trinajstić information content (AvgIpc) is 2.93. The molecule has 0 N–H and O–H groups in total. The lowest BCUT2D eigenvalue weighted by Crippen LogP contribution is -2.30. The molecule has 1 aromatic carbocycles. The molecular formula is C11H5F2N3O3. The second-order valence-corrected chi connectivity index (χ2v) is 3.85. The van der Waals surface area contributed by atoms with Crippen LogP contribution in [0.15, 0.2) is 23.0 Å². The highest BCUT2D eigenvalue weighted by atomic mass is 19.1. The van der Waals surface area contributed by atoms with Crippen LogP contribution in [0.5, 0.6) is 0 Å². The van der Waals surface area contributed by atoms with E-state index in [-0.39, 0.29) is 23.6 Å². The summed E-state index contributed by atoms with van der Waals surface area (Å²) in [5, 5.41) is 3.47. The van der Waals surface area contributed by atoms with Crippen LogP contribution >= 0.6 is 0 Å². The Morgan fingerprint density at radius 2 is 2.05 bits per heavy atom. The van der Waals surface area contributed by atoms with E-state index in [0.29, 0.717) is 6.07 Å². The van der Waals surface area contributed by atoms with Gasteiger partial charge in [0.25, 0.3) is 11.7 Å². The number of hydrogen-bond acceptors (Lipinski definition) is 5. The van der Waals surface area contributed by atoms with Crippen molar-refractivity contribution in [3.8, 4) is 0 Å². The molecule has 1 amide bonds. The number of rotatable bonds is 2. The molecule has 2 aromatic rings. The summed E-state index contributed by atoms with van der Waals surface area (Å²) in [7, 11) is 0. The van der Waals surface area contributed by atoms with Gasteiger partial charge in [0.15, 0.2) is 11.6 Å². The maximum atomic E-state index is 13.7. The first-order chi connectivity index (χ1) is 9.08. The summed E-state index contributed by atoms with van der Waals surface area (Å²) in [5.74, 6) is -3.71. The fourth-order valence-corrected chi connectivity index (χ4v) is 1.91. The smallest absolute Gasteiger partial charge is 0.299 e. The number of halogens is 2. The summed E-state index contributed by atoms with van der Waals surface area (Å²) in [6.07, 6.45) is 1.04. The summed E-state index contributed by atoms with van der Waals surface area (Å²) >= 11 is 0. The first kappa shape index (κ1) is 11.5. The molecule has 0 fully saturated rings. The van der Waals surface area contributed by atoms with Gasteiger partial charge in [-0.1, -0.05) is 5.16 Å². The molecule has 0 saturated carbocycles. The second kappa shape index (κ2) is 3.94. The zero-order valence-electron chi connectivity index (χ0n) is 9.26. The van der Waals surface area contributed by atoms with Gasteiger partial charge in [-0.05, 0) is 6.07 Å². The number of nitrogens with zero attached hydrogens (tertiary/aromatic N) is 3. The van der Waals surface area contributed by atoms with Gasteiger partial charge in [-0.25, -0.2) is 8.78 Å². The van der Waals surface area contributed by atoms with Crippen molar-refractivity contribution in [2.75, 3.05) is 4.90 Å². The van der Waals surface area contributed by atoms with Gasteiger partial charge in [0.2, 0.25) is 6.39 Å². The quantitative estimate of drug-likeness (QED) is 0.759. The predicted octanol–water partition coefficient (Wildman–Crippen LogP) is 1.08. The van der Waals surface area contributed by atoms with Crippen molar-refractivity contribution in [3.63, 3.8) is 0 Å². The number of fused-ring (bicyclic) bond motifs is 1. The van der Waals surface area contributed by atoms with Crippen molar-refractivity contribution in [2.24, 2.45) is 0 Å². The Hall–Kier alpha value is -2.64. The van der Waals surface area contributed by atoms with Crippen LogP contribution in [0.25, 0.3) is 0 Å². The molecule has 1 aliphatic heterocycles. The summed E-state index contributed by atoms with van der Waals surface area (Å²) in [6.45, 7) is -0.226. The van der Waals surface area contributed by atoms with E-state index < -0.39 is 23.3 Å². The molecule has 6 nitrogen and oxygen atoms in total. The summed E-state index contributed by atoms with van der Waals surface area (Å²) < 4.78 is 31.3. The van der Waals surface area contributed by atoms with Crippen molar-refractivity contribution in [2.45, 2.75) is 6.54 Å². The van der Waals surface area contributed by atoms with Gasteiger partial charge in [0.05, 0.1) is 17.8 Å². The number of carbonyl (C=O) groups excluding carboxylic acids is 2. The Labute approximate surface area is 104 Å². The number of benzene rings is 1. The van der Waals surface area contributed by atoms with Gasteiger partial charge in [-0.15, -0.1) is 0 Å². The van der Waals surface area contributed by atoms with E-state index >= 15 is 0 Å². The molecule has 96 valence electrons. The van der Waals surface area contributed by atoms with Crippen LogP contribution in [0.4, 0.5) is 14.5 Å². The van der Waals surface area contributed by atoms with E-state index in [4.69, 9.17) is 0 Å². The largest absolute Gasteiger partial charge is 0.343 e. The fraction of sp³-hybridized carbons (Fsp3) is 0.0909. The molecule has 0 spiro atoms. The Bertz CT molecular complexity index is 685. The minimum absolute atomic E-state index is 0.109. The standard InChI is InChI=1S/C11H5F2N3O3/c12-5-1-6-9(7(13)2-5)16(11(18)10(6)17)3-8-14-4-19-15-8/h1-2,4H,3H2. The van der Waals surface area contributed by atoms with E-state index in [1.165, 1.54) is 0 Å². The highest BCUT2D eigenvalue weighted by Crippen LogP contribution is 2.33. The van der Waals surface area contributed by atoms with E-state index in [0.717, 1.165) is 17.4 Å². The molecule has 1 aliphatic rings. The molecule has 0 aliphatic carbocycles. The number of hydrogen-bond donors (Lipinski definition) is 0. The zero-order valence-corrected chi connectivity index (χ0v) is 9.26. The van der Waals surface area contributed by atoms with Crippen molar-refractivity contribution >= 4 is 17.4 Å². The molecule has 0 unspecified atom stereocenters. The molecule has 0 atom stereocenters. The third-order valence-corrected chi connectivity index (χ3v) is 2.69. The van der Waals surface area contributed by atoms with Crippen LogP contribution in [0.3, 0.4) is 0 Å². The molecule has 2 heterocycles.